The van der Waals surface area contributed by atoms with E-state index in [9.17, 15) is 0 Å². The van der Waals surface area contributed by atoms with Gasteiger partial charge in [-0.2, -0.15) is 0 Å². The van der Waals surface area contributed by atoms with Gasteiger partial charge in [-0.05, 0) is 34.4 Å². The molecule has 6 rings (SSSR count). The molecule has 2 atom stereocenters. The van der Waals surface area contributed by atoms with Crippen molar-refractivity contribution >= 4 is 22.2 Å². The summed E-state index contributed by atoms with van der Waals surface area (Å²) in [6, 6.07) is 8.16. The SMILES string of the molecule is C[C@@]12C3=CC=C4C=CC=C(c5nc6ccccc6nc5C1=CC=C3)[C@@]42C. The summed E-state index contributed by atoms with van der Waals surface area (Å²) in [7, 11) is 0. The Morgan fingerprint density at radius 3 is 1.58 bits per heavy atom. The summed E-state index contributed by atoms with van der Waals surface area (Å²) in [5, 5.41) is 0. The van der Waals surface area contributed by atoms with Crippen molar-refractivity contribution < 1.29 is 0 Å². The lowest BCUT2D eigenvalue weighted by Crippen LogP contribution is -2.48. The third-order valence-corrected chi connectivity index (χ3v) is 6.83. The zero-order chi connectivity index (χ0) is 17.5. The van der Waals surface area contributed by atoms with E-state index in [-0.39, 0.29) is 10.8 Å². The minimum Gasteiger partial charge on any atom is -0.244 e. The number of fused-ring (bicyclic) bond motifs is 4. The van der Waals surface area contributed by atoms with Gasteiger partial charge in [-0.25, -0.2) is 9.97 Å². The fourth-order valence-electron chi connectivity index (χ4n) is 5.22. The van der Waals surface area contributed by atoms with Crippen molar-refractivity contribution in [3.8, 4) is 0 Å². The van der Waals surface area contributed by atoms with E-state index < -0.39 is 0 Å². The second-order valence-electron chi connectivity index (χ2n) is 7.78. The Morgan fingerprint density at radius 1 is 0.654 bits per heavy atom. The Kier molecular flexibility index (Phi) is 2.40. The lowest BCUT2D eigenvalue weighted by Gasteiger charge is -2.57. The number of hydrogen-bond donors (Lipinski definition) is 0. The summed E-state index contributed by atoms with van der Waals surface area (Å²) in [6.07, 6.45) is 17.8. The summed E-state index contributed by atoms with van der Waals surface area (Å²) in [6.45, 7) is 4.74. The van der Waals surface area contributed by atoms with Crippen LogP contribution in [0.1, 0.15) is 25.2 Å². The van der Waals surface area contributed by atoms with Crippen molar-refractivity contribution in [1.82, 2.24) is 9.97 Å². The van der Waals surface area contributed by atoms with E-state index in [1.54, 1.807) is 0 Å². The van der Waals surface area contributed by atoms with Gasteiger partial charge in [0.05, 0.1) is 22.4 Å². The highest BCUT2D eigenvalue weighted by atomic mass is 14.9. The topological polar surface area (TPSA) is 25.8 Å². The molecule has 0 radical (unpaired) electrons. The van der Waals surface area contributed by atoms with E-state index in [1.165, 1.54) is 22.3 Å². The Labute approximate surface area is 152 Å². The molecule has 2 nitrogen and oxygen atoms in total. The van der Waals surface area contributed by atoms with Crippen LogP contribution in [0.5, 0.6) is 0 Å². The third-order valence-electron chi connectivity index (χ3n) is 6.83. The summed E-state index contributed by atoms with van der Waals surface area (Å²) in [5.41, 5.74) is 8.96. The molecule has 0 spiro atoms. The molecule has 2 aromatic rings. The van der Waals surface area contributed by atoms with Gasteiger partial charge in [0.2, 0.25) is 0 Å². The van der Waals surface area contributed by atoms with Crippen molar-refractivity contribution in [3.05, 3.63) is 95.4 Å². The molecule has 1 aromatic carbocycles. The second-order valence-corrected chi connectivity index (χ2v) is 7.78. The fraction of sp³-hybridized carbons (Fsp3) is 0.167. The Morgan fingerprint density at radius 2 is 1.12 bits per heavy atom. The van der Waals surface area contributed by atoms with Crippen LogP contribution in [0.15, 0.2) is 84.0 Å². The van der Waals surface area contributed by atoms with Crippen molar-refractivity contribution in [2.45, 2.75) is 13.8 Å². The first kappa shape index (κ1) is 14.2. The number of rotatable bonds is 0. The molecule has 0 saturated carbocycles. The highest BCUT2D eigenvalue weighted by Crippen LogP contribution is 2.69. The second kappa shape index (κ2) is 4.39. The molecule has 0 saturated heterocycles. The van der Waals surface area contributed by atoms with Gasteiger partial charge in [0.15, 0.2) is 0 Å². The predicted octanol–water partition coefficient (Wildman–Crippen LogP) is 5.43. The normalized spacial score (nSPS) is 30.1. The first-order valence-electron chi connectivity index (χ1n) is 9.12. The molecule has 0 aliphatic heterocycles. The standard InChI is InChI=1S/C24H18N2/c1-23-15-7-5-9-17(23)21-22(26-20-12-4-3-11-19(20)25-21)18-10-6-8-16(14-13-15)24(18,23)2/h3-14H,1-2H3/t23-,24-/m1/s1. The monoisotopic (exact) mass is 334 g/mol. The van der Waals surface area contributed by atoms with Crippen LogP contribution in [0.4, 0.5) is 0 Å². The minimum atomic E-state index is -0.132. The van der Waals surface area contributed by atoms with E-state index in [0.717, 1.165) is 22.4 Å². The summed E-state index contributed by atoms with van der Waals surface area (Å²) < 4.78 is 0. The number of hydrogen-bond acceptors (Lipinski definition) is 2. The molecular weight excluding hydrogens is 316 g/mol. The van der Waals surface area contributed by atoms with Gasteiger partial charge in [0, 0.05) is 10.8 Å². The largest absolute Gasteiger partial charge is 0.244 e. The fourth-order valence-corrected chi connectivity index (χ4v) is 5.22. The summed E-state index contributed by atoms with van der Waals surface area (Å²) in [5.74, 6) is 0. The van der Waals surface area contributed by atoms with Gasteiger partial charge >= 0.3 is 0 Å². The first-order chi connectivity index (χ1) is 12.6. The first-order valence-corrected chi connectivity index (χ1v) is 9.12. The zero-order valence-corrected chi connectivity index (χ0v) is 14.8. The third kappa shape index (κ3) is 1.38. The van der Waals surface area contributed by atoms with Crippen LogP contribution < -0.4 is 0 Å². The number of benzene rings is 1. The number of allylic oxidation sites excluding steroid dienone is 12. The van der Waals surface area contributed by atoms with E-state index in [0.29, 0.717) is 0 Å². The van der Waals surface area contributed by atoms with Crippen LogP contribution >= 0.6 is 0 Å². The molecule has 4 aliphatic carbocycles. The summed E-state index contributed by atoms with van der Waals surface area (Å²) in [4.78, 5) is 10.1. The molecule has 0 fully saturated rings. The zero-order valence-electron chi connectivity index (χ0n) is 14.8. The Hall–Kier alpha value is -3.00. The highest BCUT2D eigenvalue weighted by molar-refractivity contribution is 5.97. The van der Waals surface area contributed by atoms with Gasteiger partial charge < -0.3 is 0 Å². The summed E-state index contributed by atoms with van der Waals surface area (Å²) >= 11 is 0. The van der Waals surface area contributed by atoms with Gasteiger partial charge in [-0.1, -0.05) is 74.6 Å². The van der Waals surface area contributed by atoms with Crippen LogP contribution in [-0.2, 0) is 0 Å². The molecule has 124 valence electrons. The van der Waals surface area contributed by atoms with Gasteiger partial charge in [0.1, 0.15) is 0 Å². The minimum absolute atomic E-state index is 0.132. The van der Waals surface area contributed by atoms with E-state index in [4.69, 9.17) is 9.97 Å². The maximum atomic E-state index is 5.07. The lowest BCUT2D eigenvalue weighted by molar-refractivity contribution is 0.301. The van der Waals surface area contributed by atoms with E-state index in [2.05, 4.69) is 74.6 Å². The van der Waals surface area contributed by atoms with Crippen LogP contribution in [0.2, 0.25) is 0 Å². The molecule has 0 amide bonds. The average Bonchev–Trinajstić information content (AvgIpc) is 2.66. The van der Waals surface area contributed by atoms with Crippen LogP contribution in [-0.4, -0.2) is 9.97 Å². The maximum Gasteiger partial charge on any atom is 0.0939 e. The van der Waals surface area contributed by atoms with Gasteiger partial charge in [0.25, 0.3) is 0 Å². The number of aromatic nitrogens is 2. The quantitative estimate of drug-likeness (QED) is 0.642. The number of nitrogens with zero attached hydrogens (tertiary/aromatic N) is 2. The molecular formula is C24H18N2. The van der Waals surface area contributed by atoms with Crippen LogP contribution in [0.25, 0.3) is 22.2 Å². The van der Waals surface area contributed by atoms with Crippen molar-refractivity contribution in [2.24, 2.45) is 10.8 Å². The average molecular weight is 334 g/mol. The molecule has 0 bridgehead atoms. The molecule has 1 aromatic heterocycles. The predicted molar refractivity (Wildman–Crippen MR) is 106 cm³/mol. The molecule has 2 heteroatoms. The Balaban J connectivity index is 1.82. The van der Waals surface area contributed by atoms with E-state index >= 15 is 0 Å². The molecule has 0 N–H and O–H groups in total. The Bertz CT molecular complexity index is 1110. The highest BCUT2D eigenvalue weighted by Gasteiger charge is 2.59. The van der Waals surface area contributed by atoms with Crippen molar-refractivity contribution in [1.29, 1.82) is 0 Å². The van der Waals surface area contributed by atoms with Crippen molar-refractivity contribution in [3.63, 3.8) is 0 Å². The van der Waals surface area contributed by atoms with E-state index in [1.807, 2.05) is 12.1 Å². The van der Waals surface area contributed by atoms with Gasteiger partial charge in [-0.15, -0.1) is 0 Å². The molecule has 4 aliphatic rings. The number of para-hydroxylation sites is 2. The molecule has 1 heterocycles. The lowest BCUT2D eigenvalue weighted by atomic mass is 9.45. The smallest absolute Gasteiger partial charge is 0.0939 e. The maximum absolute atomic E-state index is 5.07. The van der Waals surface area contributed by atoms with Crippen LogP contribution in [0, 0.1) is 10.8 Å². The van der Waals surface area contributed by atoms with Crippen LogP contribution in [0.3, 0.4) is 0 Å². The van der Waals surface area contributed by atoms with Crippen molar-refractivity contribution in [2.75, 3.05) is 0 Å². The van der Waals surface area contributed by atoms with Gasteiger partial charge in [-0.3, -0.25) is 0 Å². The molecule has 26 heavy (non-hydrogen) atoms. The molecule has 0 unspecified atom stereocenters.